The molecule has 0 radical (unpaired) electrons. The lowest BCUT2D eigenvalue weighted by Crippen LogP contribution is -2.17. The van der Waals surface area contributed by atoms with Crippen LogP contribution in [0.4, 0.5) is 19.0 Å². The lowest BCUT2D eigenvalue weighted by molar-refractivity contribution is -0.141. The van der Waals surface area contributed by atoms with Crippen molar-refractivity contribution < 1.29 is 18.0 Å². The first-order valence-electron chi connectivity index (χ1n) is 8.06. The van der Waals surface area contributed by atoms with Crippen molar-refractivity contribution in [2.45, 2.75) is 23.5 Å². The average molecular weight is 408 g/mol. The van der Waals surface area contributed by atoms with Gasteiger partial charge in [0.05, 0.1) is 0 Å². The Labute approximate surface area is 162 Å². The van der Waals surface area contributed by atoms with Crippen molar-refractivity contribution >= 4 is 23.5 Å². The molecule has 3 heterocycles. The summed E-state index contributed by atoms with van der Waals surface area (Å²) in [5, 5.41) is 11.0. The van der Waals surface area contributed by atoms with Crippen LogP contribution in [-0.4, -0.2) is 30.6 Å². The molecule has 3 aromatic heterocycles. The zero-order valence-corrected chi connectivity index (χ0v) is 15.6. The highest BCUT2D eigenvalue weighted by atomic mass is 32.2. The lowest BCUT2D eigenvalue weighted by Gasteiger charge is -2.12. The summed E-state index contributed by atoms with van der Waals surface area (Å²) in [4.78, 5) is 19.7. The first kappa shape index (κ1) is 19.8. The first-order valence-corrected chi connectivity index (χ1v) is 8.94. The Kier molecular flexibility index (Phi) is 5.63. The summed E-state index contributed by atoms with van der Waals surface area (Å²) in [6.07, 6.45) is -1.52. The van der Waals surface area contributed by atoms with Crippen LogP contribution in [0.2, 0.25) is 0 Å². The number of anilines is 1. The molecule has 1 N–H and O–H groups in total. The largest absolute Gasteiger partial charge is 0.433 e. The van der Waals surface area contributed by atoms with E-state index in [-0.39, 0.29) is 16.8 Å². The van der Waals surface area contributed by atoms with Gasteiger partial charge in [0.1, 0.15) is 23.5 Å². The topological polar surface area (TPSA) is 85.6 Å². The summed E-state index contributed by atoms with van der Waals surface area (Å²) in [5.74, 6) is -0.559. The summed E-state index contributed by atoms with van der Waals surface area (Å²) in [5.41, 5.74) is -0.616. The van der Waals surface area contributed by atoms with Gasteiger partial charge in [-0.25, -0.2) is 9.97 Å². The number of amides is 1. The number of carbonyl (C=O) groups is 1. The summed E-state index contributed by atoms with van der Waals surface area (Å²) in [6, 6.07) is 6.59. The molecule has 0 aliphatic rings. The van der Waals surface area contributed by atoms with Crippen molar-refractivity contribution in [1.29, 1.82) is 0 Å². The van der Waals surface area contributed by atoms with Crippen LogP contribution in [0, 0.1) is 0 Å². The van der Waals surface area contributed by atoms with E-state index in [1.165, 1.54) is 24.0 Å². The van der Waals surface area contributed by atoms with E-state index in [4.69, 9.17) is 0 Å². The van der Waals surface area contributed by atoms with Crippen LogP contribution in [-0.2, 0) is 13.2 Å². The van der Waals surface area contributed by atoms with Gasteiger partial charge in [-0.3, -0.25) is 4.79 Å². The van der Waals surface area contributed by atoms with E-state index in [9.17, 15) is 18.0 Å². The second-order valence-corrected chi connectivity index (χ2v) is 7.13. The monoisotopic (exact) mass is 408 g/mol. The molecule has 7 nitrogen and oxygen atoms in total. The van der Waals surface area contributed by atoms with Crippen molar-refractivity contribution in [2.24, 2.45) is 7.05 Å². The number of nitrogens with one attached hydrogen (secondary N) is 1. The fourth-order valence-electron chi connectivity index (χ4n) is 2.27. The molecule has 0 fully saturated rings. The Hall–Kier alpha value is -2.95. The number of nitrogens with zero attached hydrogens (tertiary/aromatic N) is 5. The molecule has 1 amide bonds. The molecule has 1 atom stereocenters. The number of aryl methyl sites for hydroxylation is 1. The van der Waals surface area contributed by atoms with Crippen LogP contribution >= 0.6 is 11.8 Å². The number of alkyl halides is 3. The molecule has 0 spiro atoms. The van der Waals surface area contributed by atoms with Crippen molar-refractivity contribution in [1.82, 2.24) is 24.7 Å². The zero-order valence-electron chi connectivity index (χ0n) is 14.8. The maximum Gasteiger partial charge on any atom is 0.433 e. The number of thioether (sulfide) groups is 1. The predicted molar refractivity (Wildman–Crippen MR) is 96.7 cm³/mol. The van der Waals surface area contributed by atoms with Crippen LogP contribution in [0.1, 0.15) is 33.9 Å². The number of halogens is 3. The third-order valence-corrected chi connectivity index (χ3v) is 4.93. The Morgan fingerprint density at radius 3 is 2.75 bits per heavy atom. The van der Waals surface area contributed by atoms with Gasteiger partial charge in [-0.2, -0.15) is 13.2 Å². The highest BCUT2D eigenvalue weighted by Gasteiger charge is 2.33. The van der Waals surface area contributed by atoms with Gasteiger partial charge in [-0.15, -0.1) is 10.2 Å². The number of pyridine rings is 2. The third kappa shape index (κ3) is 4.66. The van der Waals surface area contributed by atoms with Crippen molar-refractivity contribution in [2.75, 3.05) is 5.32 Å². The van der Waals surface area contributed by atoms with Crippen LogP contribution < -0.4 is 5.32 Å². The molecule has 0 aliphatic heterocycles. The summed E-state index contributed by atoms with van der Waals surface area (Å²) >= 11 is 1.47. The van der Waals surface area contributed by atoms with E-state index in [0.29, 0.717) is 0 Å². The second-order valence-electron chi connectivity index (χ2n) is 5.82. The number of hydrogen-bond donors (Lipinski definition) is 1. The highest BCUT2D eigenvalue weighted by molar-refractivity contribution is 7.99. The van der Waals surface area contributed by atoms with Crippen molar-refractivity contribution in [3.05, 3.63) is 59.8 Å². The smallest absolute Gasteiger partial charge is 0.312 e. The molecular weight excluding hydrogens is 393 g/mol. The molecule has 146 valence electrons. The van der Waals surface area contributed by atoms with E-state index in [1.807, 2.05) is 14.0 Å². The van der Waals surface area contributed by atoms with Gasteiger partial charge in [0.25, 0.3) is 5.91 Å². The molecule has 0 saturated heterocycles. The molecule has 3 rings (SSSR count). The fourth-order valence-corrected chi connectivity index (χ4v) is 3.18. The Bertz CT molecular complexity index is 991. The Balaban J connectivity index is 1.74. The summed E-state index contributed by atoms with van der Waals surface area (Å²) in [7, 11) is 1.83. The maximum absolute atomic E-state index is 12.8. The van der Waals surface area contributed by atoms with E-state index in [0.717, 1.165) is 22.9 Å². The molecule has 0 saturated carbocycles. The van der Waals surface area contributed by atoms with E-state index in [1.54, 1.807) is 23.0 Å². The van der Waals surface area contributed by atoms with Gasteiger partial charge in [-0.05, 0) is 36.8 Å². The summed E-state index contributed by atoms with van der Waals surface area (Å²) in [6.45, 7) is 1.95. The van der Waals surface area contributed by atoms with Gasteiger partial charge < -0.3 is 9.88 Å². The van der Waals surface area contributed by atoms with Gasteiger partial charge in [0, 0.05) is 18.5 Å². The van der Waals surface area contributed by atoms with E-state index in [2.05, 4.69) is 25.5 Å². The van der Waals surface area contributed by atoms with Gasteiger partial charge in [0.15, 0.2) is 5.16 Å². The highest BCUT2D eigenvalue weighted by Crippen LogP contribution is 2.33. The molecule has 0 bridgehead atoms. The molecule has 0 aromatic carbocycles. The van der Waals surface area contributed by atoms with Gasteiger partial charge in [0.2, 0.25) is 0 Å². The number of rotatable bonds is 5. The minimum Gasteiger partial charge on any atom is -0.312 e. The molecule has 28 heavy (non-hydrogen) atoms. The Morgan fingerprint density at radius 1 is 1.29 bits per heavy atom. The molecule has 0 unspecified atom stereocenters. The average Bonchev–Trinajstić information content (AvgIpc) is 3.06. The minimum absolute atomic E-state index is 0.0202. The predicted octanol–water partition coefficient (Wildman–Crippen LogP) is 3.73. The van der Waals surface area contributed by atoms with Crippen LogP contribution in [0.15, 0.2) is 48.0 Å². The minimum atomic E-state index is -4.62. The number of aromatic nitrogens is 5. The lowest BCUT2D eigenvalue weighted by atomic mass is 10.2. The summed E-state index contributed by atoms with van der Waals surface area (Å²) < 4.78 is 40.1. The van der Waals surface area contributed by atoms with Crippen LogP contribution in [0.3, 0.4) is 0 Å². The number of carbonyl (C=O) groups excluding carboxylic acids is 1. The quantitative estimate of drug-likeness (QED) is 0.648. The maximum atomic E-state index is 12.8. The Morgan fingerprint density at radius 2 is 2.07 bits per heavy atom. The van der Waals surface area contributed by atoms with Gasteiger partial charge >= 0.3 is 6.18 Å². The molecule has 11 heteroatoms. The van der Waals surface area contributed by atoms with Gasteiger partial charge in [-0.1, -0.05) is 17.8 Å². The third-order valence-electron chi connectivity index (χ3n) is 3.72. The second kappa shape index (κ2) is 7.97. The van der Waals surface area contributed by atoms with Crippen LogP contribution in [0.5, 0.6) is 0 Å². The number of hydrogen-bond acceptors (Lipinski definition) is 6. The molecular formula is C17H15F3N6OS. The zero-order chi connectivity index (χ0) is 20.3. The SMILES string of the molecule is C[C@H](Sc1nncn1C)c1ccnc(NC(=O)c2cccc(C(F)(F)F)n2)c1. The van der Waals surface area contributed by atoms with E-state index < -0.39 is 17.8 Å². The van der Waals surface area contributed by atoms with E-state index >= 15 is 0 Å². The van der Waals surface area contributed by atoms with Crippen molar-refractivity contribution in [3.63, 3.8) is 0 Å². The standard InChI is InChI=1S/C17H15F3N6OS/c1-10(28-16-25-22-9-26(16)2)11-6-7-21-14(8-11)24-15(27)12-4-3-5-13(23-12)17(18,19)20/h3-10H,1-2H3,(H,21,24,27)/t10-/m0/s1. The molecule has 0 aliphatic carbocycles. The van der Waals surface area contributed by atoms with Crippen molar-refractivity contribution in [3.8, 4) is 0 Å². The molecule has 3 aromatic rings. The van der Waals surface area contributed by atoms with Crippen LogP contribution in [0.25, 0.3) is 0 Å². The normalized spacial score (nSPS) is 12.6. The fraction of sp³-hybridized carbons (Fsp3) is 0.235. The first-order chi connectivity index (χ1) is 13.2.